The van der Waals surface area contributed by atoms with Crippen LogP contribution in [0.2, 0.25) is 0 Å². The third kappa shape index (κ3) is 3.23. The molecular weight excluding hydrogens is 238 g/mol. The highest BCUT2D eigenvalue weighted by Gasteiger charge is 2.11. The number of aromatic nitrogens is 4. The molecule has 0 atom stereocenters. The molecule has 0 unspecified atom stereocenters. The molecule has 0 saturated heterocycles. The summed E-state index contributed by atoms with van der Waals surface area (Å²) in [6.45, 7) is 9.12. The highest BCUT2D eigenvalue weighted by atomic mass is 15.3. The summed E-state index contributed by atoms with van der Waals surface area (Å²) in [5, 5.41) is 12.4. The third-order valence-electron chi connectivity index (χ3n) is 3.41. The molecule has 0 aliphatic heterocycles. The number of aryl methyl sites for hydroxylation is 2. The average Bonchev–Trinajstić information content (AvgIpc) is 2.88. The van der Waals surface area contributed by atoms with Crippen molar-refractivity contribution in [3.8, 4) is 0 Å². The van der Waals surface area contributed by atoms with Gasteiger partial charge in [0.05, 0.1) is 17.9 Å². The van der Waals surface area contributed by atoms with Crippen LogP contribution in [0.15, 0.2) is 12.3 Å². The van der Waals surface area contributed by atoms with Gasteiger partial charge in [-0.15, -0.1) is 0 Å². The Bertz CT molecular complexity index is 538. The molecule has 104 valence electrons. The molecule has 0 aliphatic rings. The summed E-state index contributed by atoms with van der Waals surface area (Å²) in [6, 6.07) is 2.04. The summed E-state index contributed by atoms with van der Waals surface area (Å²) < 4.78 is 3.88. The molecule has 19 heavy (non-hydrogen) atoms. The average molecular weight is 261 g/mol. The molecule has 0 aromatic carbocycles. The molecule has 2 aromatic heterocycles. The Morgan fingerprint density at radius 1 is 1.26 bits per heavy atom. The molecule has 0 aliphatic carbocycles. The number of nitrogens with one attached hydrogen (secondary N) is 1. The van der Waals surface area contributed by atoms with Crippen molar-refractivity contribution in [1.82, 2.24) is 24.9 Å². The molecule has 0 radical (unpaired) electrons. The van der Waals surface area contributed by atoms with Crippen LogP contribution < -0.4 is 5.32 Å². The zero-order valence-corrected chi connectivity index (χ0v) is 12.3. The SMILES string of the molecule is CCNCCc1c(C)nn(Cc2ccn(C)n2)c1C. The van der Waals surface area contributed by atoms with Crippen molar-refractivity contribution in [3.05, 3.63) is 34.9 Å². The van der Waals surface area contributed by atoms with E-state index in [0.717, 1.165) is 37.4 Å². The van der Waals surface area contributed by atoms with Gasteiger partial charge in [-0.3, -0.25) is 9.36 Å². The van der Waals surface area contributed by atoms with E-state index in [4.69, 9.17) is 0 Å². The van der Waals surface area contributed by atoms with Gasteiger partial charge >= 0.3 is 0 Å². The summed E-state index contributed by atoms with van der Waals surface area (Å²) in [5.41, 5.74) is 4.79. The quantitative estimate of drug-likeness (QED) is 0.800. The Hall–Kier alpha value is -1.62. The first-order valence-corrected chi connectivity index (χ1v) is 6.84. The van der Waals surface area contributed by atoms with E-state index in [9.17, 15) is 0 Å². The zero-order chi connectivity index (χ0) is 13.8. The topological polar surface area (TPSA) is 47.7 Å². The van der Waals surface area contributed by atoms with Gasteiger partial charge in [0.25, 0.3) is 0 Å². The van der Waals surface area contributed by atoms with Crippen LogP contribution in [-0.2, 0) is 20.0 Å². The Morgan fingerprint density at radius 3 is 2.68 bits per heavy atom. The fourth-order valence-corrected chi connectivity index (χ4v) is 2.34. The van der Waals surface area contributed by atoms with Crippen LogP contribution in [0.25, 0.3) is 0 Å². The molecule has 0 amide bonds. The second-order valence-electron chi connectivity index (χ2n) is 4.89. The summed E-state index contributed by atoms with van der Waals surface area (Å²) in [4.78, 5) is 0. The Balaban J connectivity index is 2.11. The predicted molar refractivity (Wildman–Crippen MR) is 76.3 cm³/mol. The van der Waals surface area contributed by atoms with Crippen LogP contribution in [0.1, 0.15) is 29.6 Å². The lowest BCUT2D eigenvalue weighted by atomic mass is 10.1. The maximum atomic E-state index is 4.63. The molecule has 2 aromatic rings. The van der Waals surface area contributed by atoms with E-state index in [2.05, 4.69) is 41.0 Å². The van der Waals surface area contributed by atoms with Gasteiger partial charge in [-0.2, -0.15) is 10.2 Å². The standard InChI is InChI=1S/C14H23N5/c1-5-15-8-6-14-11(2)16-19(12(14)3)10-13-7-9-18(4)17-13/h7,9,15H,5-6,8,10H2,1-4H3. The van der Waals surface area contributed by atoms with Crippen LogP contribution >= 0.6 is 0 Å². The first kappa shape index (κ1) is 13.8. The Morgan fingerprint density at radius 2 is 2.05 bits per heavy atom. The normalized spacial score (nSPS) is 11.2. The van der Waals surface area contributed by atoms with E-state index in [0.29, 0.717) is 0 Å². The van der Waals surface area contributed by atoms with Crippen LogP contribution in [0.4, 0.5) is 0 Å². The minimum atomic E-state index is 0.745. The molecule has 0 spiro atoms. The van der Waals surface area contributed by atoms with Crippen LogP contribution in [0.5, 0.6) is 0 Å². The smallest absolute Gasteiger partial charge is 0.0853 e. The van der Waals surface area contributed by atoms with Crippen molar-refractivity contribution in [2.24, 2.45) is 7.05 Å². The van der Waals surface area contributed by atoms with Gasteiger partial charge in [-0.1, -0.05) is 6.92 Å². The minimum absolute atomic E-state index is 0.745. The Labute approximate surface area is 114 Å². The fourth-order valence-electron chi connectivity index (χ4n) is 2.34. The number of nitrogens with zero attached hydrogens (tertiary/aromatic N) is 4. The number of hydrogen-bond donors (Lipinski definition) is 1. The first-order valence-electron chi connectivity index (χ1n) is 6.84. The molecule has 5 nitrogen and oxygen atoms in total. The van der Waals surface area contributed by atoms with Crippen molar-refractivity contribution < 1.29 is 0 Å². The largest absolute Gasteiger partial charge is 0.317 e. The van der Waals surface area contributed by atoms with Gasteiger partial charge < -0.3 is 5.32 Å². The zero-order valence-electron chi connectivity index (χ0n) is 12.3. The van der Waals surface area contributed by atoms with Gasteiger partial charge in [0.15, 0.2) is 0 Å². The number of hydrogen-bond acceptors (Lipinski definition) is 3. The van der Waals surface area contributed by atoms with E-state index < -0.39 is 0 Å². The van der Waals surface area contributed by atoms with Crippen LogP contribution in [0, 0.1) is 13.8 Å². The second-order valence-corrected chi connectivity index (χ2v) is 4.89. The molecule has 2 rings (SSSR count). The van der Waals surface area contributed by atoms with Gasteiger partial charge in [0.2, 0.25) is 0 Å². The lowest BCUT2D eigenvalue weighted by Gasteiger charge is -2.04. The highest BCUT2D eigenvalue weighted by Crippen LogP contribution is 2.14. The molecule has 1 N–H and O–H groups in total. The summed E-state index contributed by atoms with van der Waals surface area (Å²) >= 11 is 0. The van der Waals surface area contributed by atoms with E-state index in [1.54, 1.807) is 0 Å². The van der Waals surface area contributed by atoms with Gasteiger partial charge in [-0.05, 0) is 45.0 Å². The predicted octanol–water partition coefficient (Wildman–Crippen LogP) is 1.43. The minimum Gasteiger partial charge on any atom is -0.317 e. The molecule has 0 bridgehead atoms. The lowest BCUT2D eigenvalue weighted by Crippen LogP contribution is -2.16. The van der Waals surface area contributed by atoms with E-state index in [1.807, 2.05) is 24.0 Å². The maximum absolute atomic E-state index is 4.63. The van der Waals surface area contributed by atoms with Crippen LogP contribution in [-0.4, -0.2) is 32.7 Å². The summed E-state index contributed by atoms with van der Waals surface area (Å²) in [6.07, 6.45) is 3.00. The molecule has 5 heteroatoms. The second kappa shape index (κ2) is 6.02. The maximum Gasteiger partial charge on any atom is 0.0853 e. The van der Waals surface area contributed by atoms with Crippen molar-refractivity contribution >= 4 is 0 Å². The summed E-state index contributed by atoms with van der Waals surface area (Å²) in [7, 11) is 1.94. The molecular formula is C14H23N5. The molecule has 2 heterocycles. The third-order valence-corrected chi connectivity index (χ3v) is 3.41. The van der Waals surface area contributed by atoms with Gasteiger partial charge in [0, 0.05) is 18.9 Å². The van der Waals surface area contributed by atoms with E-state index in [-0.39, 0.29) is 0 Å². The number of likely N-dealkylation sites (N-methyl/N-ethyl adjacent to an activating group) is 1. The van der Waals surface area contributed by atoms with Crippen molar-refractivity contribution in [1.29, 1.82) is 0 Å². The first-order chi connectivity index (χ1) is 9.11. The Kier molecular flexibility index (Phi) is 4.37. The van der Waals surface area contributed by atoms with Gasteiger partial charge in [-0.25, -0.2) is 0 Å². The van der Waals surface area contributed by atoms with Crippen molar-refractivity contribution in [2.45, 2.75) is 33.7 Å². The van der Waals surface area contributed by atoms with E-state index >= 15 is 0 Å². The van der Waals surface area contributed by atoms with Crippen LogP contribution in [0.3, 0.4) is 0 Å². The highest BCUT2D eigenvalue weighted by molar-refractivity contribution is 5.25. The fraction of sp³-hybridized carbons (Fsp3) is 0.571. The van der Waals surface area contributed by atoms with Crippen molar-refractivity contribution in [2.75, 3.05) is 13.1 Å². The van der Waals surface area contributed by atoms with E-state index in [1.165, 1.54) is 11.3 Å². The molecule has 0 saturated carbocycles. The monoisotopic (exact) mass is 261 g/mol. The lowest BCUT2D eigenvalue weighted by molar-refractivity contribution is 0.629. The number of rotatable bonds is 6. The van der Waals surface area contributed by atoms with Crippen molar-refractivity contribution in [3.63, 3.8) is 0 Å². The van der Waals surface area contributed by atoms with Gasteiger partial charge in [0.1, 0.15) is 0 Å². The molecule has 0 fully saturated rings. The summed E-state index contributed by atoms with van der Waals surface area (Å²) in [5.74, 6) is 0.